The lowest BCUT2D eigenvalue weighted by atomic mass is 10.2. The molecule has 0 fully saturated rings. The van der Waals surface area contributed by atoms with E-state index in [2.05, 4.69) is 10.6 Å². The van der Waals surface area contributed by atoms with Gasteiger partial charge in [0.25, 0.3) is 11.8 Å². The SMILES string of the molecule is COc1ccc(C(=O)NCC(=O)OCC(=O)Nc2cc(Cl)ccc2Oc2ccccc2)cc1OC. The molecule has 10 heteroatoms. The maximum atomic E-state index is 12.3. The summed E-state index contributed by atoms with van der Waals surface area (Å²) in [7, 11) is 2.93. The number of carbonyl (C=O) groups excluding carboxylic acids is 3. The molecule has 0 heterocycles. The van der Waals surface area contributed by atoms with Crippen molar-refractivity contribution >= 4 is 35.1 Å². The van der Waals surface area contributed by atoms with Crippen LogP contribution in [-0.4, -0.2) is 45.2 Å². The Labute approximate surface area is 206 Å². The van der Waals surface area contributed by atoms with Crippen LogP contribution in [0.2, 0.25) is 5.02 Å². The molecule has 3 aromatic rings. The molecule has 3 rings (SSSR count). The van der Waals surface area contributed by atoms with E-state index in [9.17, 15) is 14.4 Å². The third kappa shape index (κ3) is 7.38. The minimum absolute atomic E-state index is 0.264. The number of nitrogens with one attached hydrogen (secondary N) is 2. The van der Waals surface area contributed by atoms with Gasteiger partial charge in [0.15, 0.2) is 23.9 Å². The van der Waals surface area contributed by atoms with E-state index >= 15 is 0 Å². The van der Waals surface area contributed by atoms with Crippen LogP contribution in [0.1, 0.15) is 10.4 Å². The number of ether oxygens (including phenoxy) is 4. The zero-order chi connectivity index (χ0) is 25.2. The van der Waals surface area contributed by atoms with Gasteiger partial charge in [0, 0.05) is 10.6 Å². The van der Waals surface area contributed by atoms with Gasteiger partial charge in [0.1, 0.15) is 12.3 Å². The summed E-state index contributed by atoms with van der Waals surface area (Å²) in [6, 6.07) is 18.3. The number of rotatable bonds is 10. The number of carbonyl (C=O) groups is 3. The van der Waals surface area contributed by atoms with Crippen molar-refractivity contribution in [2.75, 3.05) is 32.7 Å². The normalized spacial score (nSPS) is 10.1. The zero-order valence-electron chi connectivity index (χ0n) is 19.0. The van der Waals surface area contributed by atoms with E-state index in [4.69, 9.17) is 30.5 Å². The van der Waals surface area contributed by atoms with Gasteiger partial charge in [-0.1, -0.05) is 29.8 Å². The van der Waals surface area contributed by atoms with Gasteiger partial charge >= 0.3 is 5.97 Å². The second-order valence-corrected chi connectivity index (χ2v) is 7.45. The predicted molar refractivity (Wildman–Crippen MR) is 129 cm³/mol. The van der Waals surface area contributed by atoms with Gasteiger partial charge in [-0.15, -0.1) is 0 Å². The fourth-order valence-electron chi connectivity index (χ4n) is 2.92. The number of anilines is 1. The number of benzene rings is 3. The van der Waals surface area contributed by atoms with Gasteiger partial charge in [0.05, 0.1) is 19.9 Å². The highest BCUT2D eigenvalue weighted by Gasteiger charge is 2.15. The van der Waals surface area contributed by atoms with Crippen LogP contribution in [0, 0.1) is 0 Å². The predicted octanol–water partition coefficient (Wildman–Crippen LogP) is 4.06. The monoisotopic (exact) mass is 498 g/mol. The van der Waals surface area contributed by atoms with E-state index in [-0.39, 0.29) is 5.56 Å². The Morgan fingerprint density at radius 1 is 0.857 bits per heavy atom. The van der Waals surface area contributed by atoms with E-state index in [1.807, 2.05) is 18.2 Å². The molecule has 0 aliphatic heterocycles. The number of hydrogen-bond acceptors (Lipinski definition) is 7. The molecular formula is C25H23ClN2O7. The second kappa shape index (κ2) is 12.3. The molecule has 0 saturated heterocycles. The first-order valence-corrected chi connectivity index (χ1v) is 10.8. The Balaban J connectivity index is 1.51. The number of para-hydroxylation sites is 1. The van der Waals surface area contributed by atoms with Crippen LogP contribution in [0.3, 0.4) is 0 Å². The van der Waals surface area contributed by atoms with Gasteiger partial charge in [-0.25, -0.2) is 0 Å². The summed E-state index contributed by atoms with van der Waals surface area (Å²) < 4.78 is 21.0. The van der Waals surface area contributed by atoms with Crippen LogP contribution >= 0.6 is 11.6 Å². The van der Waals surface area contributed by atoms with Gasteiger partial charge in [-0.3, -0.25) is 14.4 Å². The van der Waals surface area contributed by atoms with E-state index in [1.54, 1.807) is 30.3 Å². The van der Waals surface area contributed by atoms with Gasteiger partial charge in [0.2, 0.25) is 0 Å². The molecule has 3 aromatic carbocycles. The molecule has 0 saturated carbocycles. The summed E-state index contributed by atoms with van der Waals surface area (Å²) in [5.74, 6) is -0.147. The van der Waals surface area contributed by atoms with Crippen molar-refractivity contribution in [3.05, 3.63) is 77.3 Å². The van der Waals surface area contributed by atoms with E-state index in [1.165, 1.54) is 32.4 Å². The third-order valence-electron chi connectivity index (χ3n) is 4.59. The highest BCUT2D eigenvalue weighted by molar-refractivity contribution is 6.31. The highest BCUT2D eigenvalue weighted by atomic mass is 35.5. The molecule has 35 heavy (non-hydrogen) atoms. The van der Waals surface area contributed by atoms with Crippen molar-refractivity contribution in [3.8, 4) is 23.0 Å². The summed E-state index contributed by atoms with van der Waals surface area (Å²) in [5.41, 5.74) is 0.573. The first-order chi connectivity index (χ1) is 16.9. The Morgan fingerprint density at radius 2 is 1.57 bits per heavy atom. The number of halogens is 1. The molecule has 0 aromatic heterocycles. The van der Waals surface area contributed by atoms with Crippen molar-refractivity contribution in [3.63, 3.8) is 0 Å². The van der Waals surface area contributed by atoms with Crippen molar-refractivity contribution in [2.24, 2.45) is 0 Å². The van der Waals surface area contributed by atoms with Crippen molar-refractivity contribution in [1.29, 1.82) is 0 Å². The highest BCUT2D eigenvalue weighted by Crippen LogP contribution is 2.32. The van der Waals surface area contributed by atoms with Crippen molar-refractivity contribution in [1.82, 2.24) is 5.32 Å². The molecule has 2 amide bonds. The summed E-state index contributed by atoms with van der Waals surface area (Å²) in [5, 5.41) is 5.41. The molecule has 0 unspecified atom stereocenters. The van der Waals surface area contributed by atoms with E-state index < -0.39 is 30.9 Å². The Morgan fingerprint density at radius 3 is 2.29 bits per heavy atom. The lowest BCUT2D eigenvalue weighted by Crippen LogP contribution is -2.32. The van der Waals surface area contributed by atoms with Gasteiger partial charge in [-0.05, 0) is 48.5 Å². The van der Waals surface area contributed by atoms with Crippen LogP contribution < -0.4 is 24.8 Å². The molecule has 0 atom stereocenters. The summed E-state index contributed by atoms with van der Waals surface area (Å²) in [6.45, 7) is -0.998. The van der Waals surface area contributed by atoms with Crippen LogP contribution in [0.25, 0.3) is 0 Å². The van der Waals surface area contributed by atoms with Gasteiger partial charge < -0.3 is 29.6 Å². The quantitative estimate of drug-likeness (QED) is 0.405. The maximum Gasteiger partial charge on any atom is 0.325 e. The van der Waals surface area contributed by atoms with E-state index in [0.717, 1.165) is 0 Å². The Bertz CT molecular complexity index is 1200. The number of esters is 1. The minimum atomic E-state index is -0.791. The minimum Gasteiger partial charge on any atom is -0.493 e. The average molecular weight is 499 g/mol. The summed E-state index contributed by atoms with van der Waals surface area (Å²) >= 11 is 6.04. The Hall–Kier alpha value is -4.24. The molecule has 9 nitrogen and oxygen atoms in total. The first-order valence-electron chi connectivity index (χ1n) is 10.4. The number of hydrogen-bond donors (Lipinski definition) is 2. The molecule has 0 radical (unpaired) electrons. The first kappa shape index (κ1) is 25.4. The van der Waals surface area contributed by atoms with Crippen LogP contribution in [0.15, 0.2) is 66.7 Å². The smallest absolute Gasteiger partial charge is 0.325 e. The lowest BCUT2D eigenvalue weighted by molar-refractivity contribution is -0.146. The largest absolute Gasteiger partial charge is 0.493 e. The van der Waals surface area contributed by atoms with Gasteiger partial charge in [-0.2, -0.15) is 0 Å². The summed E-state index contributed by atoms with van der Waals surface area (Å²) in [6.07, 6.45) is 0. The fraction of sp³-hybridized carbons (Fsp3) is 0.160. The lowest BCUT2D eigenvalue weighted by Gasteiger charge is -2.13. The molecule has 0 spiro atoms. The summed E-state index contributed by atoms with van der Waals surface area (Å²) in [4.78, 5) is 36.6. The number of methoxy groups -OCH3 is 2. The molecule has 0 aliphatic rings. The van der Waals surface area contributed by atoms with Crippen LogP contribution in [0.5, 0.6) is 23.0 Å². The van der Waals surface area contributed by atoms with Crippen LogP contribution in [0.4, 0.5) is 5.69 Å². The molecule has 0 bridgehead atoms. The van der Waals surface area contributed by atoms with Crippen molar-refractivity contribution in [2.45, 2.75) is 0 Å². The second-order valence-electron chi connectivity index (χ2n) is 7.02. The average Bonchev–Trinajstić information content (AvgIpc) is 2.87. The molecular weight excluding hydrogens is 476 g/mol. The van der Waals surface area contributed by atoms with Crippen molar-refractivity contribution < 1.29 is 33.3 Å². The maximum absolute atomic E-state index is 12.3. The van der Waals surface area contributed by atoms with Crippen LogP contribution in [-0.2, 0) is 14.3 Å². The number of amides is 2. The molecule has 2 N–H and O–H groups in total. The topological polar surface area (TPSA) is 112 Å². The molecule has 0 aliphatic carbocycles. The molecule has 182 valence electrons. The standard InChI is InChI=1S/C25H23ClN2O7/c1-32-21-10-8-16(12-22(21)33-2)25(31)27-14-24(30)34-15-23(29)28-19-13-17(26)9-11-20(19)35-18-6-4-3-5-7-18/h3-13H,14-15H2,1-2H3,(H,27,31)(H,28,29). The van der Waals surface area contributed by atoms with E-state index in [0.29, 0.717) is 33.7 Å². The fourth-order valence-corrected chi connectivity index (χ4v) is 3.09. The Kier molecular flexibility index (Phi) is 8.91. The zero-order valence-corrected chi connectivity index (χ0v) is 19.8. The third-order valence-corrected chi connectivity index (χ3v) is 4.83.